The van der Waals surface area contributed by atoms with Crippen molar-refractivity contribution in [3.63, 3.8) is 0 Å². The predicted molar refractivity (Wildman–Crippen MR) is 100 cm³/mol. The molecule has 0 spiro atoms. The number of primary amides is 1. The van der Waals surface area contributed by atoms with Crippen LogP contribution in [-0.2, 0) is 4.79 Å². The molecular weight excluding hydrogens is 344 g/mol. The van der Waals surface area contributed by atoms with Crippen LogP contribution >= 0.6 is 0 Å². The van der Waals surface area contributed by atoms with Crippen LogP contribution in [0.25, 0.3) is 0 Å². The van der Waals surface area contributed by atoms with Gasteiger partial charge in [-0.05, 0) is 79.9 Å². The Kier molecular flexibility index (Phi) is 4.53. The van der Waals surface area contributed by atoms with Crippen LogP contribution in [0.5, 0.6) is 0 Å². The van der Waals surface area contributed by atoms with Crippen molar-refractivity contribution >= 4 is 23.5 Å². The number of anilines is 1. The summed E-state index contributed by atoms with van der Waals surface area (Å²) in [7, 11) is 0. The lowest BCUT2D eigenvalue weighted by atomic mass is 9.49. The third kappa shape index (κ3) is 3.91. The van der Waals surface area contributed by atoms with Crippen LogP contribution in [0.1, 0.15) is 55.3 Å². The highest BCUT2D eigenvalue weighted by molar-refractivity contribution is 5.97. The molecule has 4 amide bonds. The van der Waals surface area contributed by atoms with Crippen LogP contribution < -0.4 is 21.9 Å². The van der Waals surface area contributed by atoms with E-state index in [1.165, 1.54) is 25.3 Å². The number of nitrogens with one attached hydrogen (secondary N) is 3. The van der Waals surface area contributed by atoms with Gasteiger partial charge in [0.1, 0.15) is 0 Å². The third-order valence-electron chi connectivity index (χ3n) is 6.41. The molecule has 4 aliphatic rings. The standard InChI is InChI=1S/C20H26N4O3/c21-19(27)22-16-3-1-2-15(7-16)18(26)24-23-17(25)11-20-8-12-4-13(9-20)6-14(5-12)10-20/h1-3,7,12-14H,4-6,8-11H2,(H,23,25)(H,24,26)(H3,21,22,27). The van der Waals surface area contributed by atoms with E-state index in [0.717, 1.165) is 37.0 Å². The smallest absolute Gasteiger partial charge is 0.316 e. The highest BCUT2D eigenvalue weighted by Gasteiger charge is 2.51. The summed E-state index contributed by atoms with van der Waals surface area (Å²) >= 11 is 0. The number of hydrogen-bond acceptors (Lipinski definition) is 3. The van der Waals surface area contributed by atoms with Gasteiger partial charge in [0.05, 0.1) is 0 Å². The van der Waals surface area contributed by atoms with Crippen LogP contribution in [0.15, 0.2) is 24.3 Å². The molecular formula is C20H26N4O3. The summed E-state index contributed by atoms with van der Waals surface area (Å²) in [6.45, 7) is 0. The van der Waals surface area contributed by atoms with Crippen LogP contribution in [0.3, 0.4) is 0 Å². The van der Waals surface area contributed by atoms with E-state index >= 15 is 0 Å². The van der Waals surface area contributed by atoms with Crippen molar-refractivity contribution in [3.05, 3.63) is 29.8 Å². The number of hydrazine groups is 1. The van der Waals surface area contributed by atoms with E-state index in [1.54, 1.807) is 18.2 Å². The van der Waals surface area contributed by atoms with Gasteiger partial charge in [-0.3, -0.25) is 20.4 Å². The van der Waals surface area contributed by atoms with E-state index in [0.29, 0.717) is 17.7 Å². The summed E-state index contributed by atoms with van der Waals surface area (Å²) in [6.07, 6.45) is 7.97. The van der Waals surface area contributed by atoms with Gasteiger partial charge in [-0.1, -0.05) is 6.07 Å². The summed E-state index contributed by atoms with van der Waals surface area (Å²) in [6, 6.07) is 5.68. The SMILES string of the molecule is NC(=O)Nc1cccc(C(=O)NNC(=O)CC23CC4CC(CC(C4)C2)C3)c1. The minimum Gasteiger partial charge on any atom is -0.351 e. The molecule has 4 saturated carbocycles. The fourth-order valence-electron chi connectivity index (χ4n) is 5.97. The minimum atomic E-state index is -0.698. The molecule has 4 aliphatic carbocycles. The number of rotatable bonds is 4. The molecule has 0 unspecified atom stereocenters. The Bertz CT molecular complexity index is 741. The minimum absolute atomic E-state index is 0.128. The van der Waals surface area contributed by atoms with Gasteiger partial charge in [-0.25, -0.2) is 4.79 Å². The van der Waals surface area contributed by atoms with Gasteiger partial charge in [-0.2, -0.15) is 0 Å². The second-order valence-electron chi connectivity index (χ2n) is 8.67. The summed E-state index contributed by atoms with van der Waals surface area (Å²) in [5, 5.41) is 2.42. The van der Waals surface area contributed by atoms with Gasteiger partial charge < -0.3 is 11.1 Å². The summed E-state index contributed by atoms with van der Waals surface area (Å²) < 4.78 is 0. The molecule has 0 heterocycles. The summed E-state index contributed by atoms with van der Waals surface area (Å²) in [5.41, 5.74) is 11.0. The Hall–Kier alpha value is -2.57. The first kappa shape index (κ1) is 17.8. The summed E-state index contributed by atoms with van der Waals surface area (Å²) in [4.78, 5) is 35.7. The second kappa shape index (κ2) is 6.87. The van der Waals surface area contributed by atoms with Gasteiger partial charge in [0.25, 0.3) is 5.91 Å². The Labute approximate surface area is 158 Å². The number of urea groups is 1. The highest BCUT2D eigenvalue weighted by Crippen LogP contribution is 2.61. The lowest BCUT2D eigenvalue weighted by molar-refractivity contribution is -0.130. The quantitative estimate of drug-likeness (QED) is 0.611. The maximum atomic E-state index is 12.5. The molecule has 5 rings (SSSR count). The van der Waals surface area contributed by atoms with Crippen LogP contribution in [-0.4, -0.2) is 17.8 Å². The molecule has 0 radical (unpaired) electrons. The molecule has 0 atom stereocenters. The monoisotopic (exact) mass is 370 g/mol. The lowest BCUT2D eigenvalue weighted by Gasteiger charge is -2.56. The number of amides is 4. The normalized spacial score (nSPS) is 30.6. The molecule has 4 bridgehead atoms. The van der Waals surface area contributed by atoms with Gasteiger partial charge in [0.2, 0.25) is 5.91 Å². The molecule has 1 aromatic rings. The van der Waals surface area contributed by atoms with Crippen LogP contribution in [0.4, 0.5) is 10.5 Å². The zero-order valence-corrected chi connectivity index (χ0v) is 15.3. The van der Waals surface area contributed by atoms with Crippen molar-refractivity contribution in [2.45, 2.75) is 44.9 Å². The number of benzene rings is 1. The zero-order chi connectivity index (χ0) is 19.0. The first-order valence-electron chi connectivity index (χ1n) is 9.66. The molecule has 0 saturated heterocycles. The molecule has 27 heavy (non-hydrogen) atoms. The van der Waals surface area contributed by atoms with E-state index in [1.807, 2.05) is 0 Å². The van der Waals surface area contributed by atoms with Crippen molar-refractivity contribution in [1.29, 1.82) is 0 Å². The molecule has 7 heteroatoms. The fourth-order valence-corrected chi connectivity index (χ4v) is 5.97. The second-order valence-corrected chi connectivity index (χ2v) is 8.67. The predicted octanol–water partition coefficient (Wildman–Crippen LogP) is 2.54. The Morgan fingerprint density at radius 2 is 1.63 bits per heavy atom. The fraction of sp³-hybridized carbons (Fsp3) is 0.550. The Morgan fingerprint density at radius 3 is 2.22 bits per heavy atom. The number of hydrogen-bond donors (Lipinski definition) is 4. The van der Waals surface area contributed by atoms with Gasteiger partial charge in [-0.15, -0.1) is 0 Å². The molecule has 4 fully saturated rings. The number of carbonyl (C=O) groups is 3. The molecule has 0 aromatic heterocycles. The maximum Gasteiger partial charge on any atom is 0.316 e. The van der Waals surface area contributed by atoms with Crippen molar-refractivity contribution in [2.75, 3.05) is 5.32 Å². The largest absolute Gasteiger partial charge is 0.351 e. The Balaban J connectivity index is 1.32. The molecule has 144 valence electrons. The highest BCUT2D eigenvalue weighted by atomic mass is 16.2. The molecule has 1 aromatic carbocycles. The van der Waals surface area contributed by atoms with Crippen LogP contribution in [0, 0.1) is 23.2 Å². The summed E-state index contributed by atoms with van der Waals surface area (Å²) in [5.74, 6) is 1.82. The van der Waals surface area contributed by atoms with Gasteiger partial charge in [0, 0.05) is 17.7 Å². The molecule has 7 nitrogen and oxygen atoms in total. The number of carbonyl (C=O) groups excluding carboxylic acids is 3. The zero-order valence-electron chi connectivity index (χ0n) is 15.3. The first-order chi connectivity index (χ1) is 12.9. The molecule has 0 aliphatic heterocycles. The lowest BCUT2D eigenvalue weighted by Crippen LogP contribution is -2.50. The van der Waals surface area contributed by atoms with E-state index in [4.69, 9.17) is 5.73 Å². The van der Waals surface area contributed by atoms with Gasteiger partial charge in [0.15, 0.2) is 0 Å². The number of nitrogens with two attached hydrogens (primary N) is 1. The van der Waals surface area contributed by atoms with E-state index in [9.17, 15) is 14.4 Å². The topological polar surface area (TPSA) is 113 Å². The van der Waals surface area contributed by atoms with E-state index < -0.39 is 11.9 Å². The maximum absolute atomic E-state index is 12.5. The average Bonchev–Trinajstić information content (AvgIpc) is 2.57. The average molecular weight is 370 g/mol. The van der Waals surface area contributed by atoms with E-state index in [2.05, 4.69) is 16.2 Å². The van der Waals surface area contributed by atoms with Crippen molar-refractivity contribution in [1.82, 2.24) is 10.9 Å². The van der Waals surface area contributed by atoms with Crippen LogP contribution in [0.2, 0.25) is 0 Å². The Morgan fingerprint density at radius 1 is 1.00 bits per heavy atom. The third-order valence-corrected chi connectivity index (χ3v) is 6.41. The van der Waals surface area contributed by atoms with Gasteiger partial charge >= 0.3 is 6.03 Å². The van der Waals surface area contributed by atoms with Crippen molar-refractivity contribution in [2.24, 2.45) is 28.9 Å². The first-order valence-corrected chi connectivity index (χ1v) is 9.66. The molecule has 5 N–H and O–H groups in total. The van der Waals surface area contributed by atoms with E-state index in [-0.39, 0.29) is 11.3 Å². The van der Waals surface area contributed by atoms with Crippen molar-refractivity contribution < 1.29 is 14.4 Å². The van der Waals surface area contributed by atoms with Crippen molar-refractivity contribution in [3.8, 4) is 0 Å².